The van der Waals surface area contributed by atoms with Crippen molar-refractivity contribution in [3.63, 3.8) is 0 Å². The molecular formula is C32H35FN4O6. The third-order valence-corrected chi connectivity index (χ3v) is 6.95. The van der Waals surface area contributed by atoms with Crippen molar-refractivity contribution in [3.05, 3.63) is 105 Å². The summed E-state index contributed by atoms with van der Waals surface area (Å²) in [4.78, 5) is 44.9. The highest BCUT2D eigenvalue weighted by Gasteiger charge is 2.23. The Kier molecular flexibility index (Phi) is 10.8. The first kappa shape index (κ1) is 31.2. The van der Waals surface area contributed by atoms with Crippen LogP contribution in [0.1, 0.15) is 46.3 Å². The first-order valence-electron chi connectivity index (χ1n) is 14.1. The number of hydrogen-bond donors (Lipinski definition) is 3. The summed E-state index contributed by atoms with van der Waals surface area (Å²) in [6.07, 6.45) is 2.76. The van der Waals surface area contributed by atoms with E-state index < -0.39 is 28.9 Å². The molecule has 0 atom stereocenters. The Morgan fingerprint density at radius 3 is 2.49 bits per heavy atom. The molecule has 0 aliphatic carbocycles. The van der Waals surface area contributed by atoms with E-state index >= 15 is 0 Å². The average Bonchev–Trinajstić information content (AvgIpc) is 3.01. The summed E-state index contributed by atoms with van der Waals surface area (Å²) in [5, 5.41) is 22.6. The second-order valence-corrected chi connectivity index (χ2v) is 10.2. The van der Waals surface area contributed by atoms with Gasteiger partial charge in [0.05, 0.1) is 5.52 Å². The molecule has 3 N–H and O–H groups in total. The van der Waals surface area contributed by atoms with Gasteiger partial charge in [0, 0.05) is 39.5 Å². The zero-order valence-corrected chi connectivity index (χ0v) is 24.0. The number of halogens is 1. The zero-order chi connectivity index (χ0) is 30.8. The number of benzene rings is 2. The molecule has 0 spiro atoms. The van der Waals surface area contributed by atoms with Gasteiger partial charge in [0.25, 0.3) is 11.5 Å². The van der Waals surface area contributed by atoms with Crippen molar-refractivity contribution in [1.29, 1.82) is 0 Å². The molecule has 4 rings (SSSR count). The number of unbranched alkanes of at least 4 members (excludes halogenated alkanes) is 1. The van der Waals surface area contributed by atoms with Crippen molar-refractivity contribution in [2.24, 2.45) is 0 Å². The molecule has 0 saturated heterocycles. The zero-order valence-electron chi connectivity index (χ0n) is 24.0. The topological polar surface area (TPSA) is 134 Å². The molecule has 0 fully saturated rings. The maximum atomic E-state index is 13.6. The third kappa shape index (κ3) is 8.16. The molecule has 0 unspecified atom stereocenters. The maximum Gasteiger partial charge on any atom is 0.409 e. The van der Waals surface area contributed by atoms with Gasteiger partial charge in [0.15, 0.2) is 5.75 Å². The predicted octanol–water partition coefficient (Wildman–Crippen LogP) is 3.99. The summed E-state index contributed by atoms with van der Waals surface area (Å²) < 4.78 is 20.1. The molecule has 0 saturated carbocycles. The van der Waals surface area contributed by atoms with Crippen molar-refractivity contribution >= 4 is 23.0 Å². The first-order chi connectivity index (χ1) is 20.8. The number of rotatable bonds is 13. The Morgan fingerprint density at radius 1 is 1.02 bits per heavy atom. The van der Waals surface area contributed by atoms with E-state index in [2.05, 4.69) is 10.3 Å². The number of nitrogens with zero attached hydrogens (tertiary/aromatic N) is 3. The molecule has 0 aliphatic rings. The molecule has 226 valence electrons. The van der Waals surface area contributed by atoms with E-state index in [0.29, 0.717) is 31.2 Å². The van der Waals surface area contributed by atoms with Gasteiger partial charge in [-0.25, -0.2) is 9.18 Å². The Balaban J connectivity index is 1.57. The molecule has 11 heteroatoms. The van der Waals surface area contributed by atoms with Gasteiger partial charge in [0.2, 0.25) is 0 Å². The van der Waals surface area contributed by atoms with Crippen molar-refractivity contribution in [3.8, 4) is 5.75 Å². The van der Waals surface area contributed by atoms with Crippen LogP contribution < -0.4 is 10.9 Å². The van der Waals surface area contributed by atoms with Crippen LogP contribution in [0.25, 0.3) is 11.0 Å². The van der Waals surface area contributed by atoms with Crippen LogP contribution >= 0.6 is 0 Å². The summed E-state index contributed by atoms with van der Waals surface area (Å²) in [5.41, 5.74) is 1.69. The number of hydrogen-bond acceptors (Lipinski definition) is 7. The number of ether oxygens (including phenoxy) is 1. The number of aliphatic hydroxyl groups excluding tert-OH is 1. The lowest BCUT2D eigenvalue weighted by molar-refractivity contribution is 0.0947. The highest BCUT2D eigenvalue weighted by atomic mass is 19.1. The van der Waals surface area contributed by atoms with Crippen molar-refractivity contribution in [1.82, 2.24) is 19.8 Å². The smallest absolute Gasteiger partial charge is 0.409 e. The lowest BCUT2D eigenvalue weighted by atomic mass is 10.1. The molecular weight excluding hydrogens is 555 g/mol. The Morgan fingerprint density at radius 2 is 1.77 bits per heavy atom. The fourth-order valence-electron chi connectivity index (χ4n) is 4.62. The molecule has 43 heavy (non-hydrogen) atoms. The second-order valence-electron chi connectivity index (χ2n) is 10.2. The van der Waals surface area contributed by atoms with Gasteiger partial charge in [0.1, 0.15) is 23.5 Å². The highest BCUT2D eigenvalue weighted by molar-refractivity contribution is 6.01. The number of nitrogens with one attached hydrogen (secondary N) is 1. The number of aryl methyl sites for hydroxylation is 1. The number of aromatic hydroxyl groups is 1. The lowest BCUT2D eigenvalue weighted by Crippen LogP contribution is -2.35. The van der Waals surface area contributed by atoms with E-state index in [0.717, 1.165) is 16.7 Å². The standard InChI is InChI=1S/C32H35FN4O6/c1-36(32(42)43-21-23-8-3-2-4-9-23)15-7-16-37-26-19-24(18-22-10-12-25(33)13-11-22)20-35-28(26)29(39)27(31(37)41)30(40)34-14-5-6-17-38/h2-4,8-13,19-20,38-39H,5-7,14-18,21H2,1H3,(H,34,40). The van der Waals surface area contributed by atoms with Gasteiger partial charge in [-0.15, -0.1) is 0 Å². The average molecular weight is 591 g/mol. The van der Waals surface area contributed by atoms with Gasteiger partial charge in [-0.2, -0.15) is 0 Å². The maximum absolute atomic E-state index is 13.6. The van der Waals surface area contributed by atoms with Gasteiger partial charge in [-0.1, -0.05) is 42.5 Å². The summed E-state index contributed by atoms with van der Waals surface area (Å²) in [5.74, 6) is -1.61. The number of carbonyl (C=O) groups is 2. The van der Waals surface area contributed by atoms with Crippen LogP contribution in [0, 0.1) is 5.82 Å². The SMILES string of the molecule is CN(CCCn1c(=O)c(C(=O)NCCCCO)c(O)c2ncc(Cc3ccc(F)cc3)cc21)C(=O)OCc1ccccc1. The third-order valence-electron chi connectivity index (χ3n) is 6.95. The van der Waals surface area contributed by atoms with E-state index in [-0.39, 0.29) is 44.2 Å². The number of pyridine rings is 2. The number of aromatic nitrogens is 2. The largest absolute Gasteiger partial charge is 0.505 e. The summed E-state index contributed by atoms with van der Waals surface area (Å²) in [7, 11) is 1.60. The minimum Gasteiger partial charge on any atom is -0.505 e. The van der Waals surface area contributed by atoms with Gasteiger partial charge in [-0.3, -0.25) is 14.6 Å². The Labute approximate surface area is 248 Å². The molecule has 2 amide bonds. The molecule has 2 aromatic heterocycles. The Hall–Kier alpha value is -4.77. The van der Waals surface area contributed by atoms with Crippen LogP contribution in [0.5, 0.6) is 5.75 Å². The lowest BCUT2D eigenvalue weighted by Gasteiger charge is -2.19. The quantitative estimate of drug-likeness (QED) is 0.201. The summed E-state index contributed by atoms with van der Waals surface area (Å²) >= 11 is 0. The van der Waals surface area contributed by atoms with Crippen molar-refractivity contribution in [2.45, 2.75) is 38.8 Å². The summed E-state index contributed by atoms with van der Waals surface area (Å²) in [6.45, 7) is 0.704. The van der Waals surface area contributed by atoms with Gasteiger partial charge >= 0.3 is 6.09 Å². The normalized spacial score (nSPS) is 11.0. The Bertz CT molecular complexity index is 1610. The number of amides is 2. The highest BCUT2D eigenvalue weighted by Crippen LogP contribution is 2.26. The summed E-state index contributed by atoms with van der Waals surface area (Å²) in [6, 6.07) is 17.0. The van der Waals surface area contributed by atoms with E-state index in [1.165, 1.54) is 21.6 Å². The van der Waals surface area contributed by atoms with Crippen LogP contribution in [0.3, 0.4) is 0 Å². The molecule has 2 aromatic carbocycles. The van der Waals surface area contributed by atoms with Crippen molar-refractivity contribution < 1.29 is 28.9 Å². The number of fused-ring (bicyclic) bond motifs is 1. The van der Waals surface area contributed by atoms with Gasteiger partial charge < -0.3 is 29.7 Å². The second kappa shape index (κ2) is 14.9. The van der Waals surface area contributed by atoms with E-state index in [4.69, 9.17) is 9.84 Å². The van der Waals surface area contributed by atoms with Crippen LogP contribution in [-0.4, -0.2) is 63.4 Å². The predicted molar refractivity (Wildman–Crippen MR) is 159 cm³/mol. The molecule has 2 heterocycles. The van der Waals surface area contributed by atoms with Crippen molar-refractivity contribution in [2.75, 3.05) is 26.7 Å². The molecule has 0 bridgehead atoms. The fourth-order valence-corrected chi connectivity index (χ4v) is 4.62. The van der Waals surface area contributed by atoms with E-state index in [1.54, 1.807) is 31.4 Å². The number of carbonyl (C=O) groups excluding carboxylic acids is 2. The first-order valence-corrected chi connectivity index (χ1v) is 14.1. The molecule has 4 aromatic rings. The number of aliphatic hydroxyl groups is 1. The fraction of sp³-hybridized carbons (Fsp3) is 0.312. The van der Waals surface area contributed by atoms with E-state index in [1.807, 2.05) is 30.3 Å². The molecule has 0 aliphatic heterocycles. The van der Waals surface area contributed by atoms with Gasteiger partial charge in [-0.05, 0) is 60.6 Å². The van der Waals surface area contributed by atoms with Crippen LogP contribution in [-0.2, 0) is 24.3 Å². The molecule has 10 nitrogen and oxygen atoms in total. The van der Waals surface area contributed by atoms with Crippen LogP contribution in [0.4, 0.5) is 9.18 Å². The minimum atomic E-state index is -0.741. The monoisotopic (exact) mass is 590 g/mol. The van der Waals surface area contributed by atoms with E-state index in [9.17, 15) is 23.9 Å². The van der Waals surface area contributed by atoms with Crippen LogP contribution in [0.2, 0.25) is 0 Å². The minimum absolute atomic E-state index is 0.0255. The van der Waals surface area contributed by atoms with Crippen LogP contribution in [0.15, 0.2) is 71.7 Å². The molecule has 0 radical (unpaired) electrons.